The van der Waals surface area contributed by atoms with E-state index in [0.29, 0.717) is 18.1 Å². The van der Waals surface area contributed by atoms with E-state index in [1.807, 2.05) is 37.3 Å². The van der Waals surface area contributed by atoms with E-state index in [4.69, 9.17) is 13.6 Å². The fourth-order valence-corrected chi connectivity index (χ4v) is 3.15. The maximum absolute atomic E-state index is 13.1. The van der Waals surface area contributed by atoms with Gasteiger partial charge in [0.2, 0.25) is 5.89 Å². The lowest BCUT2D eigenvalue weighted by Gasteiger charge is -2.20. The molecule has 0 aliphatic carbocycles. The molecule has 1 aromatic carbocycles. The van der Waals surface area contributed by atoms with Gasteiger partial charge < -0.3 is 18.5 Å². The van der Waals surface area contributed by atoms with Crippen molar-refractivity contribution in [1.29, 1.82) is 0 Å². The first kappa shape index (κ1) is 22.0. The lowest BCUT2D eigenvalue weighted by Crippen LogP contribution is -2.34. The Bertz CT molecular complexity index is 1230. The highest BCUT2D eigenvalue weighted by molar-refractivity contribution is 5.92. The van der Waals surface area contributed by atoms with E-state index < -0.39 is 0 Å². The van der Waals surface area contributed by atoms with E-state index in [-0.39, 0.29) is 48.6 Å². The van der Waals surface area contributed by atoms with Crippen LogP contribution in [0, 0.1) is 0 Å². The van der Waals surface area contributed by atoms with E-state index in [2.05, 4.69) is 15.3 Å². The summed E-state index contributed by atoms with van der Waals surface area (Å²) < 4.78 is 17.7. The summed E-state index contributed by atoms with van der Waals surface area (Å²) in [7, 11) is 0. The number of carbonyl (C=O) groups excluding carboxylic acids is 1. The number of ether oxygens (including phenoxy) is 1. The number of furan rings is 1. The van der Waals surface area contributed by atoms with Crippen LogP contribution in [0.4, 0.5) is 0 Å². The Morgan fingerprint density at radius 2 is 1.94 bits per heavy atom. The number of carbonyl (C=O) groups is 1. The molecule has 0 spiro atoms. The van der Waals surface area contributed by atoms with E-state index in [1.165, 1.54) is 23.1 Å². The average molecular weight is 449 g/mol. The summed E-state index contributed by atoms with van der Waals surface area (Å²) in [5.74, 6) is 1.32. The first-order chi connectivity index (χ1) is 16.1. The van der Waals surface area contributed by atoms with Crippen LogP contribution in [-0.4, -0.2) is 43.9 Å². The maximum Gasteiger partial charge on any atom is 0.283 e. The molecule has 0 saturated heterocycles. The summed E-state index contributed by atoms with van der Waals surface area (Å²) in [4.78, 5) is 26.9. The third-order valence-electron chi connectivity index (χ3n) is 4.71. The number of rotatable bonds is 10. The van der Waals surface area contributed by atoms with Gasteiger partial charge in [-0.15, -0.1) is 10.2 Å². The minimum atomic E-state index is -0.340. The molecule has 0 saturated carbocycles. The van der Waals surface area contributed by atoms with Gasteiger partial charge in [0.1, 0.15) is 18.1 Å². The van der Waals surface area contributed by atoms with Gasteiger partial charge in [-0.1, -0.05) is 25.1 Å². The minimum Gasteiger partial charge on any atom is -0.492 e. The van der Waals surface area contributed by atoms with Gasteiger partial charge in [0.25, 0.3) is 17.4 Å². The monoisotopic (exact) mass is 449 g/mol. The molecular formula is C23H23N5O5. The lowest BCUT2D eigenvalue weighted by molar-refractivity contribution is 0.0719. The predicted octanol–water partition coefficient (Wildman–Crippen LogP) is 3.02. The molecule has 4 aromatic rings. The average Bonchev–Trinajstić information content (AvgIpc) is 3.52. The molecule has 0 N–H and O–H groups in total. The second-order valence-electron chi connectivity index (χ2n) is 7.15. The number of benzene rings is 1. The van der Waals surface area contributed by atoms with Crippen molar-refractivity contribution in [1.82, 2.24) is 24.9 Å². The van der Waals surface area contributed by atoms with Gasteiger partial charge in [0.15, 0.2) is 5.76 Å². The molecule has 0 atom stereocenters. The van der Waals surface area contributed by atoms with Crippen molar-refractivity contribution in [3.05, 3.63) is 82.8 Å². The van der Waals surface area contributed by atoms with Crippen LogP contribution < -0.4 is 10.3 Å². The summed E-state index contributed by atoms with van der Waals surface area (Å²) in [6.45, 7) is 2.97. The Morgan fingerprint density at radius 1 is 1.09 bits per heavy atom. The zero-order valence-electron chi connectivity index (χ0n) is 18.1. The molecule has 4 rings (SSSR count). The van der Waals surface area contributed by atoms with Gasteiger partial charge >= 0.3 is 0 Å². The van der Waals surface area contributed by atoms with Crippen molar-refractivity contribution in [2.75, 3.05) is 13.2 Å². The Kier molecular flexibility index (Phi) is 6.93. The number of amides is 1. The molecule has 0 fully saturated rings. The van der Waals surface area contributed by atoms with Gasteiger partial charge in [0.05, 0.1) is 19.4 Å². The highest BCUT2D eigenvalue weighted by Crippen LogP contribution is 2.19. The molecule has 170 valence electrons. The second kappa shape index (κ2) is 10.4. The van der Waals surface area contributed by atoms with Crippen LogP contribution in [0.2, 0.25) is 0 Å². The van der Waals surface area contributed by atoms with Gasteiger partial charge in [-0.05, 0) is 36.8 Å². The molecule has 3 heterocycles. The van der Waals surface area contributed by atoms with E-state index >= 15 is 0 Å². The van der Waals surface area contributed by atoms with Crippen LogP contribution in [0.5, 0.6) is 5.75 Å². The Hall–Kier alpha value is -4.21. The fraction of sp³-hybridized carbons (Fsp3) is 0.261. The Labute approximate surface area is 189 Å². The Balaban J connectivity index is 1.45. The van der Waals surface area contributed by atoms with Crippen LogP contribution in [0.1, 0.15) is 29.7 Å². The largest absolute Gasteiger partial charge is 0.492 e. The lowest BCUT2D eigenvalue weighted by atomic mass is 10.3. The van der Waals surface area contributed by atoms with Crippen molar-refractivity contribution >= 4 is 5.91 Å². The van der Waals surface area contributed by atoms with Crippen molar-refractivity contribution < 1.29 is 18.4 Å². The molecule has 0 radical (unpaired) electrons. The first-order valence-electron chi connectivity index (χ1n) is 10.6. The van der Waals surface area contributed by atoms with Gasteiger partial charge in [0, 0.05) is 12.6 Å². The first-order valence-corrected chi connectivity index (χ1v) is 10.6. The van der Waals surface area contributed by atoms with Crippen molar-refractivity contribution in [3.8, 4) is 17.4 Å². The summed E-state index contributed by atoms with van der Waals surface area (Å²) in [6.07, 6.45) is 2.23. The third kappa shape index (κ3) is 5.53. The molecule has 3 aromatic heterocycles. The quantitative estimate of drug-likeness (QED) is 0.363. The van der Waals surface area contributed by atoms with Crippen LogP contribution in [0.15, 0.2) is 74.5 Å². The standard InChI is InChI=1S/C23H23N5O5/c1-2-12-27(16-20-24-25-22(33-20)19-9-6-14-32-19)23(30)18-10-11-21(29)28(26-18)13-15-31-17-7-4-3-5-8-17/h3-11,14H,2,12-13,15-16H2,1H3. The predicted molar refractivity (Wildman–Crippen MR) is 117 cm³/mol. The number of hydrogen-bond acceptors (Lipinski definition) is 8. The summed E-state index contributed by atoms with van der Waals surface area (Å²) in [5, 5.41) is 12.2. The summed E-state index contributed by atoms with van der Waals surface area (Å²) in [6, 6.07) is 15.4. The van der Waals surface area contributed by atoms with Crippen molar-refractivity contribution in [2.24, 2.45) is 0 Å². The molecular weight excluding hydrogens is 426 g/mol. The second-order valence-corrected chi connectivity index (χ2v) is 7.15. The van der Waals surface area contributed by atoms with Crippen molar-refractivity contribution in [2.45, 2.75) is 26.4 Å². The van der Waals surface area contributed by atoms with E-state index in [9.17, 15) is 9.59 Å². The number of hydrogen-bond donors (Lipinski definition) is 0. The normalized spacial score (nSPS) is 10.8. The topological polar surface area (TPSA) is 116 Å². The van der Waals surface area contributed by atoms with Gasteiger partial charge in [-0.2, -0.15) is 5.10 Å². The summed E-state index contributed by atoms with van der Waals surface area (Å²) >= 11 is 0. The van der Waals surface area contributed by atoms with Crippen molar-refractivity contribution in [3.63, 3.8) is 0 Å². The van der Waals surface area contributed by atoms with Crippen LogP contribution in [0.25, 0.3) is 11.7 Å². The molecule has 0 bridgehead atoms. The van der Waals surface area contributed by atoms with Gasteiger partial charge in [-0.3, -0.25) is 9.59 Å². The zero-order valence-corrected chi connectivity index (χ0v) is 18.1. The Morgan fingerprint density at radius 3 is 2.70 bits per heavy atom. The molecule has 0 unspecified atom stereocenters. The zero-order chi connectivity index (χ0) is 23.0. The number of para-hydroxylation sites is 1. The van der Waals surface area contributed by atoms with Crippen LogP contribution >= 0.6 is 0 Å². The fourth-order valence-electron chi connectivity index (χ4n) is 3.15. The highest BCUT2D eigenvalue weighted by Gasteiger charge is 2.21. The van der Waals surface area contributed by atoms with Gasteiger partial charge in [-0.25, -0.2) is 4.68 Å². The molecule has 33 heavy (non-hydrogen) atoms. The molecule has 0 aliphatic rings. The van der Waals surface area contributed by atoms with Crippen LogP contribution in [-0.2, 0) is 13.1 Å². The molecule has 10 nitrogen and oxygen atoms in total. The SMILES string of the molecule is CCCN(Cc1nnc(-c2ccco2)o1)C(=O)c1ccc(=O)n(CCOc2ccccc2)n1. The number of aromatic nitrogens is 4. The van der Waals surface area contributed by atoms with E-state index in [0.717, 1.165) is 6.42 Å². The molecule has 0 aliphatic heterocycles. The molecule has 1 amide bonds. The maximum atomic E-state index is 13.1. The summed E-state index contributed by atoms with van der Waals surface area (Å²) in [5.41, 5.74) is -0.168. The van der Waals surface area contributed by atoms with Crippen LogP contribution in [0.3, 0.4) is 0 Å². The third-order valence-corrected chi connectivity index (χ3v) is 4.71. The smallest absolute Gasteiger partial charge is 0.283 e. The van der Waals surface area contributed by atoms with E-state index in [1.54, 1.807) is 17.0 Å². The molecule has 10 heteroatoms. The highest BCUT2D eigenvalue weighted by atomic mass is 16.5. The number of nitrogens with zero attached hydrogens (tertiary/aromatic N) is 5. The minimum absolute atomic E-state index is 0.109.